The van der Waals surface area contributed by atoms with Crippen LogP contribution in [-0.4, -0.2) is 28.4 Å². The number of aliphatic carboxylic acids is 1. The molecule has 0 amide bonds. The normalized spacial score (nSPS) is 11.4. The fourth-order valence-corrected chi connectivity index (χ4v) is 2.76. The van der Waals surface area contributed by atoms with Gasteiger partial charge in [-0.2, -0.15) is 0 Å². The Morgan fingerprint density at radius 2 is 1.80 bits per heavy atom. The molecule has 1 N–H and O–H groups in total. The summed E-state index contributed by atoms with van der Waals surface area (Å²) in [6, 6.07) is 15.0. The highest BCUT2D eigenvalue weighted by Crippen LogP contribution is 2.22. The van der Waals surface area contributed by atoms with E-state index in [2.05, 4.69) is 10.1 Å². The molecule has 0 saturated carbocycles. The molecule has 156 valence electrons. The number of ether oxygens (including phenoxy) is 1. The molecule has 0 unspecified atom stereocenters. The van der Waals surface area contributed by atoms with Crippen molar-refractivity contribution < 1.29 is 23.9 Å². The minimum absolute atomic E-state index is 0.199. The van der Waals surface area contributed by atoms with Crippen LogP contribution in [0.25, 0.3) is 11.5 Å². The Labute approximate surface area is 175 Å². The minimum Gasteiger partial charge on any atom is -0.482 e. The van der Waals surface area contributed by atoms with Crippen molar-refractivity contribution in [1.29, 1.82) is 0 Å². The highest BCUT2D eigenvalue weighted by molar-refractivity contribution is 6.00. The fraction of sp³-hybridized carbons (Fsp3) is 0.261. The zero-order valence-electron chi connectivity index (χ0n) is 17.2. The molecule has 1 aromatic heterocycles. The van der Waals surface area contributed by atoms with Gasteiger partial charge in [-0.05, 0) is 62.2 Å². The molecule has 1 heterocycles. The van der Waals surface area contributed by atoms with Crippen LogP contribution in [-0.2, 0) is 16.2 Å². The first-order valence-electron chi connectivity index (χ1n) is 9.63. The highest BCUT2D eigenvalue weighted by Gasteiger charge is 2.12. The van der Waals surface area contributed by atoms with Crippen LogP contribution in [0.15, 0.2) is 58.1 Å². The number of hydrogen-bond donors (Lipinski definition) is 1. The second kappa shape index (κ2) is 9.73. The number of carboxylic acid groups (broad SMARTS) is 1. The maximum Gasteiger partial charge on any atom is 0.341 e. The lowest BCUT2D eigenvalue weighted by molar-refractivity contribution is -0.139. The van der Waals surface area contributed by atoms with Gasteiger partial charge in [0.25, 0.3) is 0 Å². The smallest absolute Gasteiger partial charge is 0.341 e. The summed E-state index contributed by atoms with van der Waals surface area (Å²) in [5, 5.41) is 12.9. The van der Waals surface area contributed by atoms with Gasteiger partial charge in [-0.3, -0.25) is 0 Å². The minimum atomic E-state index is -1.02. The van der Waals surface area contributed by atoms with Gasteiger partial charge in [0.15, 0.2) is 13.2 Å². The summed E-state index contributed by atoms with van der Waals surface area (Å²) in [7, 11) is 0. The number of nitrogens with zero attached hydrogens (tertiary/aromatic N) is 2. The maximum absolute atomic E-state index is 10.6. The van der Waals surface area contributed by atoms with E-state index >= 15 is 0 Å². The zero-order chi connectivity index (χ0) is 21.5. The third-order valence-corrected chi connectivity index (χ3v) is 4.45. The van der Waals surface area contributed by atoms with E-state index in [0.29, 0.717) is 29.5 Å². The molecule has 0 aliphatic rings. The quantitative estimate of drug-likeness (QED) is 0.405. The summed E-state index contributed by atoms with van der Waals surface area (Å²) >= 11 is 0. The molecule has 0 spiro atoms. The molecule has 0 fully saturated rings. The molecule has 7 heteroatoms. The predicted molar refractivity (Wildman–Crippen MR) is 113 cm³/mol. The number of carboxylic acids is 1. The maximum atomic E-state index is 10.6. The van der Waals surface area contributed by atoms with Crippen molar-refractivity contribution in [2.45, 2.75) is 33.8 Å². The van der Waals surface area contributed by atoms with Crippen LogP contribution in [0.4, 0.5) is 0 Å². The average Bonchev–Trinajstić information content (AvgIpc) is 3.11. The SMILES string of the molecule is CC/C(=N/OCc1nc(-c2ccc(C)cc2)oc1C)c1ccc(OCC(=O)O)cc1. The van der Waals surface area contributed by atoms with Gasteiger partial charge in [0.1, 0.15) is 17.2 Å². The van der Waals surface area contributed by atoms with Gasteiger partial charge in [-0.15, -0.1) is 0 Å². The molecule has 0 aliphatic heterocycles. The Balaban J connectivity index is 1.64. The van der Waals surface area contributed by atoms with E-state index in [1.807, 2.05) is 57.2 Å². The van der Waals surface area contributed by atoms with Gasteiger partial charge < -0.3 is 19.1 Å². The fourth-order valence-electron chi connectivity index (χ4n) is 2.76. The molecule has 2 aromatic carbocycles. The summed E-state index contributed by atoms with van der Waals surface area (Å²) in [6.45, 7) is 5.69. The summed E-state index contributed by atoms with van der Waals surface area (Å²) in [6.07, 6.45) is 0.668. The van der Waals surface area contributed by atoms with E-state index in [1.54, 1.807) is 12.1 Å². The van der Waals surface area contributed by atoms with Crippen LogP contribution in [0.1, 0.15) is 35.9 Å². The Hall–Kier alpha value is -3.61. The Morgan fingerprint density at radius 1 is 1.10 bits per heavy atom. The molecule has 3 rings (SSSR count). The van der Waals surface area contributed by atoms with Crippen molar-refractivity contribution in [2.75, 3.05) is 6.61 Å². The van der Waals surface area contributed by atoms with Crippen LogP contribution in [0.3, 0.4) is 0 Å². The second-order valence-electron chi connectivity index (χ2n) is 6.76. The lowest BCUT2D eigenvalue weighted by Gasteiger charge is -2.07. The lowest BCUT2D eigenvalue weighted by atomic mass is 10.1. The first kappa shape index (κ1) is 21.1. The number of rotatable bonds is 9. The van der Waals surface area contributed by atoms with Crippen LogP contribution in [0.5, 0.6) is 5.75 Å². The molecular weight excluding hydrogens is 384 g/mol. The Morgan fingerprint density at radius 3 is 2.43 bits per heavy atom. The van der Waals surface area contributed by atoms with Crippen molar-refractivity contribution >= 4 is 11.7 Å². The van der Waals surface area contributed by atoms with Gasteiger partial charge in [0, 0.05) is 5.56 Å². The van der Waals surface area contributed by atoms with Gasteiger partial charge in [0.05, 0.1) is 5.71 Å². The first-order valence-corrected chi connectivity index (χ1v) is 9.63. The molecule has 3 aromatic rings. The molecule has 0 radical (unpaired) electrons. The van der Waals surface area contributed by atoms with Crippen molar-refractivity contribution in [1.82, 2.24) is 4.98 Å². The zero-order valence-corrected chi connectivity index (χ0v) is 17.2. The van der Waals surface area contributed by atoms with E-state index in [-0.39, 0.29) is 13.2 Å². The average molecular weight is 408 g/mol. The standard InChI is InChI=1S/C23H24N2O5/c1-4-20(17-9-11-19(12-10-17)28-14-22(26)27)25-29-13-21-16(3)30-23(24-21)18-7-5-15(2)6-8-18/h5-12H,4,13-14H2,1-3H3,(H,26,27)/b25-20-. The summed E-state index contributed by atoms with van der Waals surface area (Å²) < 4.78 is 10.9. The van der Waals surface area contributed by atoms with Crippen molar-refractivity contribution in [2.24, 2.45) is 5.16 Å². The summed E-state index contributed by atoms with van der Waals surface area (Å²) in [4.78, 5) is 20.6. The van der Waals surface area contributed by atoms with E-state index in [9.17, 15) is 4.79 Å². The van der Waals surface area contributed by atoms with Crippen molar-refractivity contribution in [3.63, 3.8) is 0 Å². The molecule has 0 atom stereocenters. The summed E-state index contributed by atoms with van der Waals surface area (Å²) in [5.74, 6) is 0.720. The predicted octanol–water partition coefficient (Wildman–Crippen LogP) is 4.75. The van der Waals surface area contributed by atoms with Crippen molar-refractivity contribution in [3.8, 4) is 17.2 Å². The molecule has 0 bridgehead atoms. The van der Waals surface area contributed by atoms with Gasteiger partial charge in [0.2, 0.25) is 5.89 Å². The van der Waals surface area contributed by atoms with Crippen LogP contribution in [0.2, 0.25) is 0 Å². The molecule has 0 saturated heterocycles. The Bertz CT molecular complexity index is 1020. The first-order chi connectivity index (χ1) is 14.5. The van der Waals surface area contributed by atoms with Crippen molar-refractivity contribution in [3.05, 3.63) is 71.1 Å². The van der Waals surface area contributed by atoms with E-state index in [4.69, 9.17) is 19.1 Å². The van der Waals surface area contributed by atoms with E-state index in [1.165, 1.54) is 5.56 Å². The molecule has 7 nitrogen and oxygen atoms in total. The Kier molecular flexibility index (Phi) is 6.85. The van der Waals surface area contributed by atoms with E-state index in [0.717, 1.165) is 16.8 Å². The molecule has 30 heavy (non-hydrogen) atoms. The lowest BCUT2D eigenvalue weighted by Crippen LogP contribution is -2.09. The number of carbonyl (C=O) groups is 1. The van der Waals surface area contributed by atoms with Crippen LogP contribution < -0.4 is 4.74 Å². The number of oxazole rings is 1. The van der Waals surface area contributed by atoms with Crippen LogP contribution in [0, 0.1) is 13.8 Å². The van der Waals surface area contributed by atoms with Gasteiger partial charge in [-0.25, -0.2) is 9.78 Å². The highest BCUT2D eigenvalue weighted by atomic mass is 16.6. The number of aryl methyl sites for hydroxylation is 2. The largest absolute Gasteiger partial charge is 0.482 e. The van der Waals surface area contributed by atoms with E-state index < -0.39 is 5.97 Å². The third kappa shape index (κ3) is 5.47. The molecular formula is C23H24N2O5. The molecule has 0 aliphatic carbocycles. The van der Waals surface area contributed by atoms with Crippen LogP contribution >= 0.6 is 0 Å². The number of aromatic nitrogens is 1. The van der Waals surface area contributed by atoms with Gasteiger partial charge in [-0.1, -0.05) is 29.8 Å². The second-order valence-corrected chi connectivity index (χ2v) is 6.76. The third-order valence-electron chi connectivity index (χ3n) is 4.45. The topological polar surface area (TPSA) is 94.2 Å². The summed E-state index contributed by atoms with van der Waals surface area (Å²) in [5.41, 5.74) is 4.42. The van der Waals surface area contributed by atoms with Gasteiger partial charge >= 0.3 is 5.97 Å². The number of hydrogen-bond acceptors (Lipinski definition) is 6. The number of oxime groups is 1. The monoisotopic (exact) mass is 408 g/mol. The number of benzene rings is 2.